The van der Waals surface area contributed by atoms with Crippen LogP contribution in [0.2, 0.25) is 0 Å². The van der Waals surface area contributed by atoms with E-state index in [1.165, 1.54) is 20.3 Å². The van der Waals surface area contributed by atoms with Crippen molar-refractivity contribution in [2.24, 2.45) is 0 Å². The van der Waals surface area contributed by atoms with E-state index < -0.39 is 0 Å². The Morgan fingerprint density at radius 2 is 1.62 bits per heavy atom. The molecular weight excluding hydrogens is 332 g/mol. The van der Waals surface area contributed by atoms with Crippen molar-refractivity contribution in [2.75, 3.05) is 19.0 Å². The summed E-state index contributed by atoms with van der Waals surface area (Å²) in [7, 11) is 4.11. The third-order valence-electron chi connectivity index (χ3n) is 3.65. The van der Waals surface area contributed by atoms with Crippen molar-refractivity contribution in [3.05, 3.63) is 76.0 Å². The normalized spacial score (nSPS) is 11.3. The molecule has 1 aromatic carbocycles. The first-order valence-electron chi connectivity index (χ1n) is 7.60. The lowest BCUT2D eigenvalue weighted by Gasteiger charge is -2.06. The van der Waals surface area contributed by atoms with Gasteiger partial charge in [0.1, 0.15) is 0 Å². The maximum Gasteiger partial charge on any atom is 0.195 e. The molecule has 2 aromatic heterocycles. The molecule has 0 radical (unpaired) electrons. The molecule has 120 valence electrons. The first-order valence-corrected chi connectivity index (χ1v) is 9.23. The third kappa shape index (κ3) is 3.59. The van der Waals surface area contributed by atoms with Crippen molar-refractivity contribution < 1.29 is 0 Å². The SMILES string of the molecule is [C-]#[N+]/C(=C\c1ccc(-c2ccc(N(C)C)s2)s1)c1ccc(C)cc1. The van der Waals surface area contributed by atoms with Crippen LogP contribution in [0, 0.1) is 13.5 Å². The molecule has 0 amide bonds. The average Bonchev–Trinajstić information content (AvgIpc) is 3.22. The van der Waals surface area contributed by atoms with Crippen LogP contribution in [0.1, 0.15) is 16.0 Å². The summed E-state index contributed by atoms with van der Waals surface area (Å²) in [6.45, 7) is 9.53. The highest BCUT2D eigenvalue weighted by molar-refractivity contribution is 7.24. The minimum Gasteiger partial charge on any atom is -0.370 e. The largest absolute Gasteiger partial charge is 0.370 e. The van der Waals surface area contributed by atoms with Crippen LogP contribution in [0.4, 0.5) is 5.00 Å². The molecule has 2 nitrogen and oxygen atoms in total. The van der Waals surface area contributed by atoms with Gasteiger partial charge in [-0.25, -0.2) is 4.85 Å². The number of benzene rings is 1. The molecule has 0 aliphatic rings. The van der Waals surface area contributed by atoms with Crippen molar-refractivity contribution in [1.82, 2.24) is 0 Å². The number of thiophene rings is 2. The van der Waals surface area contributed by atoms with Gasteiger partial charge in [-0.05, 0) is 42.8 Å². The summed E-state index contributed by atoms with van der Waals surface area (Å²) >= 11 is 3.51. The Morgan fingerprint density at radius 1 is 0.958 bits per heavy atom. The lowest BCUT2D eigenvalue weighted by Crippen LogP contribution is -2.05. The van der Waals surface area contributed by atoms with Crippen LogP contribution < -0.4 is 4.90 Å². The van der Waals surface area contributed by atoms with Crippen molar-refractivity contribution >= 4 is 39.4 Å². The first-order chi connectivity index (χ1) is 11.6. The number of anilines is 1. The Balaban J connectivity index is 1.88. The highest BCUT2D eigenvalue weighted by Crippen LogP contribution is 2.37. The Morgan fingerprint density at radius 3 is 2.25 bits per heavy atom. The summed E-state index contributed by atoms with van der Waals surface area (Å²) in [4.78, 5) is 9.45. The minimum absolute atomic E-state index is 0.684. The molecule has 0 N–H and O–H groups in total. The van der Waals surface area contributed by atoms with E-state index in [0.29, 0.717) is 5.70 Å². The highest BCUT2D eigenvalue weighted by Gasteiger charge is 2.08. The zero-order chi connectivity index (χ0) is 17.1. The van der Waals surface area contributed by atoms with E-state index in [0.717, 1.165) is 10.4 Å². The molecule has 0 spiro atoms. The van der Waals surface area contributed by atoms with Gasteiger partial charge in [0, 0.05) is 28.7 Å². The fraction of sp³-hybridized carbons (Fsp3) is 0.150. The Labute approximate surface area is 151 Å². The molecule has 0 fully saturated rings. The molecule has 0 saturated heterocycles. The van der Waals surface area contributed by atoms with Gasteiger partial charge in [-0.15, -0.1) is 22.7 Å². The number of hydrogen-bond donors (Lipinski definition) is 0. The van der Waals surface area contributed by atoms with Crippen molar-refractivity contribution in [1.29, 1.82) is 0 Å². The van der Waals surface area contributed by atoms with Crippen LogP contribution >= 0.6 is 22.7 Å². The van der Waals surface area contributed by atoms with Gasteiger partial charge in [-0.1, -0.05) is 29.8 Å². The summed E-state index contributed by atoms with van der Waals surface area (Å²) in [6, 6.07) is 16.6. The van der Waals surface area contributed by atoms with Gasteiger partial charge < -0.3 is 4.90 Å². The predicted molar refractivity (Wildman–Crippen MR) is 108 cm³/mol. The maximum atomic E-state index is 7.48. The van der Waals surface area contributed by atoms with Crippen LogP contribution in [0.25, 0.3) is 26.4 Å². The molecule has 0 bridgehead atoms. The Hall–Kier alpha value is -2.35. The van der Waals surface area contributed by atoms with Gasteiger partial charge in [0.25, 0.3) is 0 Å². The quantitative estimate of drug-likeness (QED) is 0.503. The molecule has 0 aliphatic heterocycles. The summed E-state index contributed by atoms with van der Waals surface area (Å²) < 4.78 is 0. The van der Waals surface area contributed by atoms with E-state index in [9.17, 15) is 0 Å². The number of aryl methyl sites for hydroxylation is 1. The lowest BCUT2D eigenvalue weighted by atomic mass is 10.1. The van der Waals surface area contributed by atoms with Gasteiger partial charge in [-0.3, -0.25) is 0 Å². The molecule has 0 unspecified atom stereocenters. The Kier molecular flexibility index (Phi) is 4.84. The molecule has 0 aliphatic carbocycles. The van der Waals surface area contributed by atoms with E-state index in [2.05, 4.69) is 55.0 Å². The smallest absolute Gasteiger partial charge is 0.195 e. The minimum atomic E-state index is 0.684. The third-order valence-corrected chi connectivity index (χ3v) is 6.13. The molecule has 0 atom stereocenters. The van der Waals surface area contributed by atoms with Gasteiger partial charge >= 0.3 is 0 Å². The summed E-state index contributed by atoms with van der Waals surface area (Å²) in [5, 5.41) is 1.25. The van der Waals surface area contributed by atoms with Crippen molar-refractivity contribution in [2.45, 2.75) is 6.92 Å². The van der Waals surface area contributed by atoms with Crippen LogP contribution in [0.5, 0.6) is 0 Å². The van der Waals surface area contributed by atoms with Crippen molar-refractivity contribution in [3.8, 4) is 9.75 Å². The number of rotatable bonds is 4. The zero-order valence-corrected chi connectivity index (χ0v) is 15.5. The van der Waals surface area contributed by atoms with E-state index in [1.54, 1.807) is 22.7 Å². The second kappa shape index (κ2) is 7.04. The van der Waals surface area contributed by atoms with E-state index >= 15 is 0 Å². The molecule has 2 heterocycles. The first kappa shape index (κ1) is 16.5. The Bertz CT molecular complexity index is 906. The van der Waals surface area contributed by atoms with Crippen molar-refractivity contribution in [3.63, 3.8) is 0 Å². The fourth-order valence-electron chi connectivity index (χ4n) is 2.30. The lowest BCUT2D eigenvalue weighted by molar-refractivity contribution is 1.16. The molecule has 4 heteroatoms. The second-order valence-corrected chi connectivity index (χ2v) is 7.92. The number of nitrogens with zero attached hydrogens (tertiary/aromatic N) is 2. The highest BCUT2D eigenvalue weighted by atomic mass is 32.1. The molecular formula is C20H18N2S2. The van der Waals surface area contributed by atoms with E-state index in [1.807, 2.05) is 30.3 Å². The van der Waals surface area contributed by atoms with E-state index in [-0.39, 0.29) is 0 Å². The summed E-state index contributed by atoms with van der Waals surface area (Å²) in [5.74, 6) is 0. The van der Waals surface area contributed by atoms with Crippen LogP contribution in [0.3, 0.4) is 0 Å². The zero-order valence-electron chi connectivity index (χ0n) is 13.9. The van der Waals surface area contributed by atoms with Crippen LogP contribution in [0.15, 0.2) is 48.5 Å². The number of hydrogen-bond acceptors (Lipinski definition) is 3. The van der Waals surface area contributed by atoms with Gasteiger partial charge in [-0.2, -0.15) is 0 Å². The van der Waals surface area contributed by atoms with E-state index in [4.69, 9.17) is 6.57 Å². The van der Waals surface area contributed by atoms with Gasteiger partial charge in [0.15, 0.2) is 5.70 Å². The van der Waals surface area contributed by atoms with Crippen LogP contribution in [-0.2, 0) is 0 Å². The topological polar surface area (TPSA) is 7.60 Å². The fourth-order valence-corrected chi connectivity index (χ4v) is 4.27. The molecule has 24 heavy (non-hydrogen) atoms. The van der Waals surface area contributed by atoms with Crippen LogP contribution in [-0.4, -0.2) is 14.1 Å². The molecule has 3 rings (SSSR count). The van der Waals surface area contributed by atoms with Gasteiger partial charge in [0.05, 0.1) is 11.6 Å². The average molecular weight is 351 g/mol. The standard InChI is InChI=1S/C20H18N2S2/c1-14-5-7-15(8-6-14)17(21-2)13-16-9-10-18(23-16)19-11-12-20(24-19)22(3)4/h5-13H,1,3-4H3/b17-13-. The predicted octanol–water partition coefficient (Wildman–Crippen LogP) is 6.27. The molecule has 3 aromatic rings. The van der Waals surface area contributed by atoms with Gasteiger partial charge in [0.2, 0.25) is 0 Å². The second-order valence-electron chi connectivity index (χ2n) is 5.74. The monoisotopic (exact) mass is 350 g/mol. The summed E-state index contributed by atoms with van der Waals surface area (Å²) in [5.41, 5.74) is 2.86. The molecule has 0 saturated carbocycles. The summed E-state index contributed by atoms with van der Waals surface area (Å²) in [6.07, 6.45) is 1.98. The maximum absolute atomic E-state index is 7.48.